The van der Waals surface area contributed by atoms with E-state index in [2.05, 4.69) is 21.0 Å². The Morgan fingerprint density at radius 2 is 1.68 bits per heavy atom. The third kappa shape index (κ3) is 2.42. The summed E-state index contributed by atoms with van der Waals surface area (Å²) in [4.78, 5) is 13.2. The second-order valence-corrected chi connectivity index (χ2v) is 4.90. The van der Waals surface area contributed by atoms with Crippen molar-refractivity contribution in [1.29, 1.82) is 0 Å². The van der Waals surface area contributed by atoms with Crippen LogP contribution in [-0.4, -0.2) is 15.0 Å². The molecule has 0 aliphatic rings. The topological polar surface area (TPSA) is 38.7 Å². The van der Waals surface area contributed by atoms with E-state index in [0.717, 1.165) is 27.9 Å². The standard InChI is InChI=1S/C15H12ClN3/c1-9-3-4-11-8-12(5-6-13(11)17-9)15-18-10(2)7-14(16)19-15/h3-8H,1-2H3. The van der Waals surface area contributed by atoms with E-state index in [9.17, 15) is 0 Å². The van der Waals surface area contributed by atoms with Crippen LogP contribution in [0.25, 0.3) is 22.3 Å². The van der Waals surface area contributed by atoms with Crippen molar-refractivity contribution >= 4 is 22.5 Å². The van der Waals surface area contributed by atoms with Crippen LogP contribution < -0.4 is 0 Å². The van der Waals surface area contributed by atoms with Gasteiger partial charge in [-0.05, 0) is 44.2 Å². The molecule has 2 aromatic heterocycles. The lowest BCUT2D eigenvalue weighted by molar-refractivity contribution is 1.11. The first-order valence-corrected chi connectivity index (χ1v) is 6.38. The van der Waals surface area contributed by atoms with Crippen molar-refractivity contribution in [3.63, 3.8) is 0 Å². The number of rotatable bonds is 1. The number of aromatic nitrogens is 3. The second-order valence-electron chi connectivity index (χ2n) is 4.52. The van der Waals surface area contributed by atoms with Crippen molar-refractivity contribution < 1.29 is 0 Å². The van der Waals surface area contributed by atoms with Gasteiger partial charge in [0, 0.05) is 22.3 Å². The SMILES string of the molecule is Cc1cc(Cl)nc(-c2ccc3nc(C)ccc3c2)n1. The minimum atomic E-state index is 0.463. The van der Waals surface area contributed by atoms with Gasteiger partial charge in [0.2, 0.25) is 0 Å². The van der Waals surface area contributed by atoms with E-state index in [1.54, 1.807) is 6.07 Å². The molecular weight excluding hydrogens is 258 g/mol. The Labute approximate surface area is 116 Å². The zero-order chi connectivity index (χ0) is 13.4. The summed E-state index contributed by atoms with van der Waals surface area (Å²) in [6.07, 6.45) is 0. The highest BCUT2D eigenvalue weighted by atomic mass is 35.5. The maximum absolute atomic E-state index is 5.98. The lowest BCUT2D eigenvalue weighted by Gasteiger charge is -2.04. The zero-order valence-corrected chi connectivity index (χ0v) is 11.4. The molecule has 1 aromatic carbocycles. The van der Waals surface area contributed by atoms with Crippen molar-refractivity contribution in [2.75, 3.05) is 0 Å². The Morgan fingerprint density at radius 3 is 2.47 bits per heavy atom. The highest BCUT2D eigenvalue weighted by Gasteiger charge is 2.05. The third-order valence-electron chi connectivity index (χ3n) is 2.91. The average molecular weight is 270 g/mol. The van der Waals surface area contributed by atoms with E-state index in [1.807, 2.05) is 38.1 Å². The number of hydrogen-bond donors (Lipinski definition) is 0. The summed E-state index contributed by atoms with van der Waals surface area (Å²) in [7, 11) is 0. The summed E-state index contributed by atoms with van der Waals surface area (Å²) >= 11 is 5.98. The summed E-state index contributed by atoms with van der Waals surface area (Å²) < 4.78 is 0. The van der Waals surface area contributed by atoms with Gasteiger partial charge in [0.15, 0.2) is 5.82 Å². The molecule has 3 rings (SSSR count). The number of halogens is 1. The van der Waals surface area contributed by atoms with Gasteiger partial charge in [-0.1, -0.05) is 17.7 Å². The fourth-order valence-electron chi connectivity index (χ4n) is 2.03. The van der Waals surface area contributed by atoms with Crippen LogP contribution in [0.15, 0.2) is 36.4 Å². The molecule has 0 saturated heterocycles. The van der Waals surface area contributed by atoms with Crippen molar-refractivity contribution in [2.24, 2.45) is 0 Å². The van der Waals surface area contributed by atoms with E-state index in [1.165, 1.54) is 0 Å². The maximum Gasteiger partial charge on any atom is 0.161 e. The minimum Gasteiger partial charge on any atom is -0.253 e. The summed E-state index contributed by atoms with van der Waals surface area (Å²) in [5, 5.41) is 1.54. The fourth-order valence-corrected chi connectivity index (χ4v) is 2.26. The lowest BCUT2D eigenvalue weighted by Crippen LogP contribution is -1.92. The van der Waals surface area contributed by atoms with Gasteiger partial charge in [0.1, 0.15) is 5.15 Å². The molecule has 19 heavy (non-hydrogen) atoms. The van der Waals surface area contributed by atoms with Crippen molar-refractivity contribution in [3.05, 3.63) is 52.9 Å². The van der Waals surface area contributed by atoms with Crippen LogP contribution in [0, 0.1) is 13.8 Å². The molecule has 3 nitrogen and oxygen atoms in total. The molecule has 0 fully saturated rings. The molecule has 0 amide bonds. The second kappa shape index (κ2) is 4.59. The van der Waals surface area contributed by atoms with Crippen molar-refractivity contribution in [2.45, 2.75) is 13.8 Å². The van der Waals surface area contributed by atoms with Gasteiger partial charge >= 0.3 is 0 Å². The Balaban J connectivity index is 2.17. The Bertz CT molecular complexity index is 748. The quantitative estimate of drug-likeness (QED) is 0.628. The van der Waals surface area contributed by atoms with Gasteiger partial charge in [-0.15, -0.1) is 0 Å². The van der Waals surface area contributed by atoms with E-state index in [-0.39, 0.29) is 0 Å². The minimum absolute atomic E-state index is 0.463. The molecular formula is C15H12ClN3. The molecule has 0 radical (unpaired) electrons. The summed E-state index contributed by atoms with van der Waals surface area (Å²) in [5.74, 6) is 0.646. The Morgan fingerprint density at radius 1 is 0.842 bits per heavy atom. The number of benzene rings is 1. The van der Waals surface area contributed by atoms with Gasteiger partial charge in [0.05, 0.1) is 5.52 Å². The van der Waals surface area contributed by atoms with Gasteiger partial charge in [-0.25, -0.2) is 9.97 Å². The number of aryl methyl sites for hydroxylation is 2. The van der Waals surface area contributed by atoms with E-state index >= 15 is 0 Å². The molecule has 94 valence electrons. The fraction of sp³-hybridized carbons (Fsp3) is 0.133. The number of nitrogens with zero attached hydrogens (tertiary/aromatic N) is 3. The summed E-state index contributed by atoms with van der Waals surface area (Å²) in [6, 6.07) is 11.8. The molecule has 0 spiro atoms. The van der Waals surface area contributed by atoms with E-state index in [0.29, 0.717) is 11.0 Å². The van der Waals surface area contributed by atoms with Crippen LogP contribution in [0.2, 0.25) is 5.15 Å². The van der Waals surface area contributed by atoms with Crippen molar-refractivity contribution in [3.8, 4) is 11.4 Å². The van der Waals surface area contributed by atoms with Crippen LogP contribution in [-0.2, 0) is 0 Å². The summed E-state index contributed by atoms with van der Waals surface area (Å²) in [5.41, 5.74) is 3.79. The highest BCUT2D eigenvalue weighted by Crippen LogP contribution is 2.22. The molecule has 0 bridgehead atoms. The number of hydrogen-bond acceptors (Lipinski definition) is 3. The maximum atomic E-state index is 5.98. The van der Waals surface area contributed by atoms with Crippen LogP contribution in [0.3, 0.4) is 0 Å². The van der Waals surface area contributed by atoms with Crippen LogP contribution in [0.5, 0.6) is 0 Å². The first kappa shape index (κ1) is 12.1. The Hall–Kier alpha value is -2.00. The van der Waals surface area contributed by atoms with Gasteiger partial charge in [-0.2, -0.15) is 0 Å². The third-order valence-corrected chi connectivity index (χ3v) is 3.10. The van der Waals surface area contributed by atoms with Gasteiger partial charge in [0.25, 0.3) is 0 Å². The molecule has 4 heteroatoms. The number of fused-ring (bicyclic) bond motifs is 1. The molecule has 0 N–H and O–H groups in total. The molecule has 0 aliphatic carbocycles. The predicted octanol–water partition coefficient (Wildman–Crippen LogP) is 3.96. The molecule has 0 aliphatic heterocycles. The lowest BCUT2D eigenvalue weighted by atomic mass is 10.1. The van der Waals surface area contributed by atoms with Gasteiger partial charge in [-0.3, -0.25) is 4.98 Å². The van der Waals surface area contributed by atoms with Crippen LogP contribution in [0.4, 0.5) is 0 Å². The molecule has 0 atom stereocenters. The van der Waals surface area contributed by atoms with Crippen LogP contribution >= 0.6 is 11.6 Å². The van der Waals surface area contributed by atoms with E-state index < -0.39 is 0 Å². The monoisotopic (exact) mass is 269 g/mol. The smallest absolute Gasteiger partial charge is 0.161 e. The highest BCUT2D eigenvalue weighted by molar-refractivity contribution is 6.29. The predicted molar refractivity (Wildman–Crippen MR) is 77.3 cm³/mol. The average Bonchev–Trinajstić information content (AvgIpc) is 2.37. The largest absolute Gasteiger partial charge is 0.253 e. The molecule has 2 heterocycles. The van der Waals surface area contributed by atoms with E-state index in [4.69, 9.17) is 11.6 Å². The Kier molecular flexibility index (Phi) is 2.91. The molecule has 3 aromatic rings. The van der Waals surface area contributed by atoms with Crippen molar-refractivity contribution in [1.82, 2.24) is 15.0 Å². The molecule has 0 unspecified atom stereocenters. The van der Waals surface area contributed by atoms with Crippen LogP contribution in [0.1, 0.15) is 11.4 Å². The van der Waals surface area contributed by atoms with Gasteiger partial charge < -0.3 is 0 Å². The first-order chi connectivity index (χ1) is 9.11. The zero-order valence-electron chi connectivity index (χ0n) is 10.7. The summed E-state index contributed by atoms with van der Waals surface area (Å²) in [6.45, 7) is 3.89. The number of pyridine rings is 1. The first-order valence-electron chi connectivity index (χ1n) is 6.01. The molecule has 0 saturated carbocycles. The normalized spacial score (nSPS) is 10.9.